The van der Waals surface area contributed by atoms with Gasteiger partial charge in [0.2, 0.25) is 15.8 Å². The third-order valence-corrected chi connectivity index (χ3v) is 4.90. The van der Waals surface area contributed by atoms with Crippen LogP contribution < -0.4 is 4.72 Å². The lowest BCUT2D eigenvalue weighted by molar-refractivity contribution is -0.0588. The molecule has 0 saturated carbocycles. The number of ether oxygens (including phenoxy) is 1. The number of aliphatic hydroxyl groups is 1. The molecule has 0 amide bonds. The minimum Gasteiger partial charge on any atom is -0.475 e. The summed E-state index contributed by atoms with van der Waals surface area (Å²) < 4.78 is 36.6. The molecule has 8 nitrogen and oxygen atoms in total. The second-order valence-electron chi connectivity index (χ2n) is 5.00. The predicted octanol–water partition coefficient (Wildman–Crippen LogP) is 0.106. The van der Waals surface area contributed by atoms with Gasteiger partial charge in [0, 0.05) is 38.7 Å². The van der Waals surface area contributed by atoms with Gasteiger partial charge in [-0.05, 0) is 6.92 Å². The van der Waals surface area contributed by atoms with E-state index in [-0.39, 0.29) is 17.2 Å². The SMILES string of the molecule is Cc1oc(C(=O)O)cc1S(=O)(=O)NCC1(O)CCOCC1. The molecule has 0 atom stereocenters. The van der Waals surface area contributed by atoms with Gasteiger partial charge in [0.15, 0.2) is 0 Å². The predicted molar refractivity (Wildman–Crippen MR) is 70.6 cm³/mol. The van der Waals surface area contributed by atoms with Crippen molar-refractivity contribution in [3.05, 3.63) is 17.6 Å². The number of carbonyl (C=O) groups is 1. The monoisotopic (exact) mass is 319 g/mol. The Balaban J connectivity index is 2.13. The van der Waals surface area contributed by atoms with Gasteiger partial charge in [0.25, 0.3) is 0 Å². The molecule has 3 N–H and O–H groups in total. The topological polar surface area (TPSA) is 126 Å². The van der Waals surface area contributed by atoms with E-state index in [1.165, 1.54) is 6.92 Å². The molecule has 1 aromatic heterocycles. The zero-order valence-electron chi connectivity index (χ0n) is 11.5. The first-order valence-corrected chi connectivity index (χ1v) is 7.85. The molecule has 1 aliphatic heterocycles. The number of rotatable bonds is 5. The van der Waals surface area contributed by atoms with Crippen LogP contribution in [0.15, 0.2) is 15.4 Å². The molecule has 21 heavy (non-hydrogen) atoms. The number of furan rings is 1. The standard InChI is InChI=1S/C12H17NO7S/c1-8-10(6-9(20-8)11(14)15)21(17,18)13-7-12(16)2-4-19-5-3-12/h6,13,16H,2-5,7H2,1H3,(H,14,15). The summed E-state index contributed by atoms with van der Waals surface area (Å²) in [4.78, 5) is 10.5. The highest BCUT2D eigenvalue weighted by Crippen LogP contribution is 2.23. The van der Waals surface area contributed by atoms with Crippen LogP contribution >= 0.6 is 0 Å². The van der Waals surface area contributed by atoms with Gasteiger partial charge in [0.1, 0.15) is 10.7 Å². The highest BCUT2D eigenvalue weighted by molar-refractivity contribution is 7.89. The number of hydrogen-bond donors (Lipinski definition) is 3. The molecule has 0 aliphatic carbocycles. The summed E-state index contributed by atoms with van der Waals surface area (Å²) in [6, 6.07) is 0.952. The molecule has 1 aliphatic rings. The fraction of sp³-hybridized carbons (Fsp3) is 0.583. The van der Waals surface area contributed by atoms with E-state index < -0.39 is 27.4 Å². The van der Waals surface area contributed by atoms with Crippen molar-refractivity contribution in [1.82, 2.24) is 4.72 Å². The molecule has 0 unspecified atom stereocenters. The minimum absolute atomic E-state index is 0.0149. The Hall–Kier alpha value is -1.42. The zero-order valence-corrected chi connectivity index (χ0v) is 12.3. The van der Waals surface area contributed by atoms with Crippen molar-refractivity contribution in [2.24, 2.45) is 0 Å². The van der Waals surface area contributed by atoms with Gasteiger partial charge in [-0.2, -0.15) is 0 Å². The lowest BCUT2D eigenvalue weighted by Crippen LogP contribution is -2.46. The third kappa shape index (κ3) is 3.62. The molecule has 1 aromatic rings. The van der Waals surface area contributed by atoms with Gasteiger partial charge < -0.3 is 19.4 Å². The Morgan fingerprint density at radius 2 is 2.05 bits per heavy atom. The number of hydrogen-bond acceptors (Lipinski definition) is 6. The fourth-order valence-electron chi connectivity index (χ4n) is 2.07. The van der Waals surface area contributed by atoms with Gasteiger partial charge in [-0.3, -0.25) is 0 Å². The van der Waals surface area contributed by atoms with Crippen LogP contribution in [-0.2, 0) is 14.8 Å². The van der Waals surface area contributed by atoms with Crippen LogP contribution in [-0.4, -0.2) is 50.0 Å². The molecule has 1 fully saturated rings. The molecule has 0 spiro atoms. The summed E-state index contributed by atoms with van der Waals surface area (Å²) >= 11 is 0. The van der Waals surface area contributed by atoms with Crippen LogP contribution in [0.3, 0.4) is 0 Å². The average Bonchev–Trinajstić information content (AvgIpc) is 2.81. The molecule has 0 aromatic carbocycles. The smallest absolute Gasteiger partial charge is 0.371 e. The molecule has 2 rings (SSSR count). The van der Waals surface area contributed by atoms with E-state index in [9.17, 15) is 18.3 Å². The van der Waals surface area contributed by atoms with Gasteiger partial charge in [-0.25, -0.2) is 17.9 Å². The van der Waals surface area contributed by atoms with E-state index in [1.54, 1.807) is 0 Å². The van der Waals surface area contributed by atoms with Crippen LogP contribution in [0.1, 0.15) is 29.2 Å². The molecule has 2 heterocycles. The van der Waals surface area contributed by atoms with Gasteiger partial charge in [-0.15, -0.1) is 0 Å². The van der Waals surface area contributed by atoms with Gasteiger partial charge >= 0.3 is 5.97 Å². The normalized spacial score (nSPS) is 18.6. The Morgan fingerprint density at radius 1 is 1.43 bits per heavy atom. The van der Waals surface area contributed by atoms with E-state index in [2.05, 4.69) is 4.72 Å². The number of nitrogens with one attached hydrogen (secondary N) is 1. The lowest BCUT2D eigenvalue weighted by Gasteiger charge is -2.31. The van der Waals surface area contributed by atoms with E-state index in [0.717, 1.165) is 6.07 Å². The van der Waals surface area contributed by atoms with E-state index in [0.29, 0.717) is 26.1 Å². The number of carboxylic acid groups (broad SMARTS) is 1. The van der Waals surface area contributed by atoms with Gasteiger partial charge in [-0.1, -0.05) is 0 Å². The first-order valence-electron chi connectivity index (χ1n) is 6.37. The number of carboxylic acids is 1. The van der Waals surface area contributed by atoms with Crippen LogP contribution in [0, 0.1) is 6.92 Å². The zero-order chi connectivity index (χ0) is 15.7. The van der Waals surface area contributed by atoms with Crippen LogP contribution in [0.25, 0.3) is 0 Å². The molecule has 0 radical (unpaired) electrons. The molecule has 0 bridgehead atoms. The molecule has 9 heteroatoms. The van der Waals surface area contributed by atoms with E-state index >= 15 is 0 Å². The number of aromatic carboxylic acids is 1. The van der Waals surface area contributed by atoms with E-state index in [1.807, 2.05) is 0 Å². The van der Waals surface area contributed by atoms with Crippen molar-refractivity contribution >= 4 is 16.0 Å². The second-order valence-corrected chi connectivity index (χ2v) is 6.73. The Labute approximate surface area is 121 Å². The largest absolute Gasteiger partial charge is 0.475 e. The fourth-order valence-corrected chi connectivity index (χ4v) is 3.37. The van der Waals surface area contributed by atoms with Crippen molar-refractivity contribution < 1.29 is 32.6 Å². The Kier molecular flexibility index (Phi) is 4.38. The van der Waals surface area contributed by atoms with Crippen LogP contribution in [0.5, 0.6) is 0 Å². The summed E-state index contributed by atoms with van der Waals surface area (Å²) in [6.07, 6.45) is 0.667. The molecular weight excluding hydrogens is 302 g/mol. The quantitative estimate of drug-likeness (QED) is 0.703. The van der Waals surface area contributed by atoms with Crippen molar-refractivity contribution in [3.63, 3.8) is 0 Å². The number of aryl methyl sites for hydroxylation is 1. The summed E-state index contributed by atoms with van der Waals surface area (Å²) in [6.45, 7) is 1.94. The second kappa shape index (κ2) is 5.76. The van der Waals surface area contributed by atoms with Crippen molar-refractivity contribution in [3.8, 4) is 0 Å². The maximum Gasteiger partial charge on any atom is 0.371 e. The first kappa shape index (κ1) is 16.0. The lowest BCUT2D eigenvalue weighted by atomic mass is 9.95. The summed E-state index contributed by atoms with van der Waals surface area (Å²) in [5, 5.41) is 19.0. The van der Waals surface area contributed by atoms with Crippen molar-refractivity contribution in [2.45, 2.75) is 30.3 Å². The Morgan fingerprint density at radius 3 is 2.57 bits per heavy atom. The molecule has 118 valence electrons. The molecule has 1 saturated heterocycles. The maximum atomic E-state index is 12.2. The summed E-state index contributed by atoms with van der Waals surface area (Å²) in [5.41, 5.74) is -1.15. The first-order chi connectivity index (χ1) is 9.73. The van der Waals surface area contributed by atoms with E-state index in [4.69, 9.17) is 14.3 Å². The highest BCUT2D eigenvalue weighted by atomic mass is 32.2. The van der Waals surface area contributed by atoms with Crippen LogP contribution in [0.4, 0.5) is 0 Å². The van der Waals surface area contributed by atoms with Crippen molar-refractivity contribution in [2.75, 3.05) is 19.8 Å². The van der Waals surface area contributed by atoms with Crippen LogP contribution in [0.2, 0.25) is 0 Å². The number of sulfonamides is 1. The minimum atomic E-state index is -3.95. The average molecular weight is 319 g/mol. The molecular formula is C12H17NO7S. The summed E-state index contributed by atoms with van der Waals surface area (Å²) in [7, 11) is -3.95. The highest BCUT2D eigenvalue weighted by Gasteiger charge is 2.32. The summed E-state index contributed by atoms with van der Waals surface area (Å²) in [5.74, 6) is -1.81. The maximum absolute atomic E-state index is 12.2. The van der Waals surface area contributed by atoms with Gasteiger partial charge in [0.05, 0.1) is 5.60 Å². The Bertz CT molecular complexity index is 628. The van der Waals surface area contributed by atoms with Crippen molar-refractivity contribution in [1.29, 1.82) is 0 Å². The third-order valence-electron chi connectivity index (χ3n) is 3.39.